The molecule has 0 saturated carbocycles. The Labute approximate surface area is 116 Å². The van der Waals surface area contributed by atoms with Crippen LogP contribution in [-0.4, -0.2) is 26.3 Å². The molecule has 2 rings (SSSR count). The van der Waals surface area contributed by atoms with E-state index < -0.39 is 11.4 Å². The molecule has 5 nitrogen and oxygen atoms in total. The first-order valence-corrected chi connectivity index (χ1v) is 6.62. The molecule has 0 radical (unpaired) electrons. The summed E-state index contributed by atoms with van der Waals surface area (Å²) in [7, 11) is 0. The second kappa shape index (κ2) is 4.81. The minimum Gasteiger partial charge on any atom is -0.368 e. The predicted molar refractivity (Wildman–Crippen MR) is 75.2 cm³/mol. The number of aryl methyl sites for hydroxylation is 2. The number of hydrogen-bond acceptors (Lipinski definition) is 3. The zero-order valence-electron chi connectivity index (χ0n) is 11.3. The summed E-state index contributed by atoms with van der Waals surface area (Å²) in [5.74, 6) is 0.735. The van der Waals surface area contributed by atoms with E-state index in [2.05, 4.69) is 9.97 Å². The Morgan fingerprint density at radius 1 is 1.53 bits per heavy atom. The standard InChI is InChI=1S/C13H17ClN4O/c1-8-5-7-16-11-10(8)17-9(4-6-14)18(11)13(2,3)12(15)19/h5,7H,4,6H2,1-3H3,(H2,15,19). The first-order valence-electron chi connectivity index (χ1n) is 6.09. The van der Waals surface area contributed by atoms with Gasteiger partial charge in [-0.25, -0.2) is 9.97 Å². The number of imidazole rings is 1. The number of hydrogen-bond donors (Lipinski definition) is 1. The van der Waals surface area contributed by atoms with Gasteiger partial charge in [0.1, 0.15) is 16.9 Å². The van der Waals surface area contributed by atoms with Gasteiger partial charge < -0.3 is 5.73 Å². The summed E-state index contributed by atoms with van der Waals surface area (Å²) in [4.78, 5) is 20.6. The highest BCUT2D eigenvalue weighted by Gasteiger charge is 2.32. The Balaban J connectivity index is 2.79. The van der Waals surface area contributed by atoms with Crippen molar-refractivity contribution in [1.82, 2.24) is 14.5 Å². The molecule has 0 aliphatic heterocycles. The fourth-order valence-electron chi connectivity index (χ4n) is 2.09. The molecule has 6 heteroatoms. The summed E-state index contributed by atoms with van der Waals surface area (Å²) < 4.78 is 1.79. The van der Waals surface area contributed by atoms with Crippen LogP contribution in [0.1, 0.15) is 25.2 Å². The lowest BCUT2D eigenvalue weighted by Gasteiger charge is -2.25. The van der Waals surface area contributed by atoms with E-state index in [1.165, 1.54) is 0 Å². The summed E-state index contributed by atoms with van der Waals surface area (Å²) in [6.45, 7) is 5.49. The molecule has 2 N–H and O–H groups in total. The van der Waals surface area contributed by atoms with E-state index in [0.717, 1.165) is 16.9 Å². The Hall–Kier alpha value is -1.62. The number of nitrogens with zero attached hydrogens (tertiary/aromatic N) is 3. The van der Waals surface area contributed by atoms with Crippen molar-refractivity contribution in [2.75, 3.05) is 5.88 Å². The normalized spacial score (nSPS) is 12.0. The van der Waals surface area contributed by atoms with E-state index in [4.69, 9.17) is 17.3 Å². The smallest absolute Gasteiger partial charge is 0.243 e. The maximum Gasteiger partial charge on any atom is 0.243 e. The van der Waals surface area contributed by atoms with Gasteiger partial charge in [-0.2, -0.15) is 0 Å². The van der Waals surface area contributed by atoms with E-state index >= 15 is 0 Å². The van der Waals surface area contributed by atoms with Crippen LogP contribution in [0.3, 0.4) is 0 Å². The molecule has 0 aliphatic carbocycles. The molecule has 1 amide bonds. The zero-order valence-corrected chi connectivity index (χ0v) is 12.0. The first-order chi connectivity index (χ1) is 8.89. The van der Waals surface area contributed by atoms with Gasteiger partial charge in [-0.1, -0.05) is 0 Å². The van der Waals surface area contributed by atoms with Crippen LogP contribution in [0.5, 0.6) is 0 Å². The maximum absolute atomic E-state index is 11.7. The van der Waals surface area contributed by atoms with E-state index in [-0.39, 0.29) is 0 Å². The molecule has 0 fully saturated rings. The summed E-state index contributed by atoms with van der Waals surface area (Å²) in [5.41, 5.74) is 7.09. The second-order valence-electron chi connectivity index (χ2n) is 5.03. The predicted octanol–water partition coefficient (Wildman–Crippen LogP) is 1.74. The van der Waals surface area contributed by atoms with Gasteiger partial charge in [0.15, 0.2) is 5.65 Å². The van der Waals surface area contributed by atoms with Crippen LogP contribution in [0.15, 0.2) is 12.3 Å². The van der Waals surface area contributed by atoms with Crippen molar-refractivity contribution < 1.29 is 4.79 Å². The number of nitrogens with two attached hydrogens (primary N) is 1. The summed E-state index contributed by atoms with van der Waals surface area (Å²) in [6, 6.07) is 1.89. The Bertz CT molecular complexity index is 633. The highest BCUT2D eigenvalue weighted by Crippen LogP contribution is 2.26. The second-order valence-corrected chi connectivity index (χ2v) is 5.40. The average molecular weight is 281 g/mol. The Morgan fingerprint density at radius 3 is 2.79 bits per heavy atom. The number of carbonyl (C=O) groups excluding carboxylic acids is 1. The fourth-order valence-corrected chi connectivity index (χ4v) is 2.26. The molecule has 19 heavy (non-hydrogen) atoms. The number of halogens is 1. The van der Waals surface area contributed by atoms with Crippen molar-refractivity contribution in [2.24, 2.45) is 5.73 Å². The summed E-state index contributed by atoms with van der Waals surface area (Å²) >= 11 is 5.82. The molecule has 102 valence electrons. The third-order valence-electron chi connectivity index (χ3n) is 3.30. The van der Waals surface area contributed by atoms with Gasteiger partial charge >= 0.3 is 0 Å². The average Bonchev–Trinajstić information content (AvgIpc) is 2.69. The number of rotatable bonds is 4. The molecule has 0 bridgehead atoms. The quantitative estimate of drug-likeness (QED) is 0.867. The number of pyridine rings is 1. The molecule has 0 saturated heterocycles. The van der Waals surface area contributed by atoms with E-state index in [0.29, 0.717) is 17.9 Å². The highest BCUT2D eigenvalue weighted by molar-refractivity contribution is 6.17. The van der Waals surface area contributed by atoms with Crippen LogP contribution < -0.4 is 5.73 Å². The van der Waals surface area contributed by atoms with E-state index in [9.17, 15) is 4.79 Å². The maximum atomic E-state index is 11.7. The van der Waals surface area contributed by atoms with Crippen LogP contribution in [-0.2, 0) is 16.8 Å². The zero-order chi connectivity index (χ0) is 14.2. The minimum absolute atomic E-state index is 0.425. The van der Waals surface area contributed by atoms with E-state index in [1.54, 1.807) is 24.6 Å². The molecular weight excluding hydrogens is 264 g/mol. The number of primary amides is 1. The number of fused-ring (bicyclic) bond motifs is 1. The van der Waals surface area contributed by atoms with Crippen LogP contribution >= 0.6 is 11.6 Å². The number of alkyl halides is 1. The molecule has 0 unspecified atom stereocenters. The molecule has 0 aliphatic rings. The van der Waals surface area contributed by atoms with Crippen molar-refractivity contribution in [2.45, 2.75) is 32.7 Å². The molecule has 2 aromatic heterocycles. The lowest BCUT2D eigenvalue weighted by atomic mass is 10.0. The number of amides is 1. The van der Waals surface area contributed by atoms with Gasteiger partial charge in [0.2, 0.25) is 5.91 Å². The van der Waals surface area contributed by atoms with Crippen molar-refractivity contribution in [3.8, 4) is 0 Å². The molecule has 0 atom stereocenters. The minimum atomic E-state index is -0.892. The molecule has 0 spiro atoms. The molecule has 0 aromatic carbocycles. The van der Waals surface area contributed by atoms with Gasteiger partial charge in [0.25, 0.3) is 0 Å². The largest absolute Gasteiger partial charge is 0.368 e. The lowest BCUT2D eigenvalue weighted by Crippen LogP contribution is -2.42. The Morgan fingerprint density at radius 2 is 2.21 bits per heavy atom. The van der Waals surface area contributed by atoms with Crippen molar-refractivity contribution >= 4 is 28.7 Å². The van der Waals surface area contributed by atoms with Crippen molar-refractivity contribution in [1.29, 1.82) is 0 Å². The van der Waals surface area contributed by atoms with E-state index in [1.807, 2.05) is 13.0 Å². The third kappa shape index (κ3) is 2.18. The van der Waals surface area contributed by atoms with Crippen molar-refractivity contribution in [3.63, 3.8) is 0 Å². The van der Waals surface area contributed by atoms with Gasteiger partial charge in [-0.05, 0) is 32.4 Å². The Kier molecular flexibility index (Phi) is 3.49. The van der Waals surface area contributed by atoms with Gasteiger partial charge in [0.05, 0.1) is 0 Å². The van der Waals surface area contributed by atoms with Crippen LogP contribution in [0.4, 0.5) is 0 Å². The fraction of sp³-hybridized carbons (Fsp3) is 0.462. The van der Waals surface area contributed by atoms with Crippen LogP contribution in [0.25, 0.3) is 11.2 Å². The number of carbonyl (C=O) groups is 1. The van der Waals surface area contributed by atoms with Crippen LogP contribution in [0.2, 0.25) is 0 Å². The van der Waals surface area contributed by atoms with Crippen molar-refractivity contribution in [3.05, 3.63) is 23.7 Å². The number of aromatic nitrogens is 3. The summed E-state index contributed by atoms with van der Waals surface area (Å²) in [6.07, 6.45) is 2.27. The summed E-state index contributed by atoms with van der Waals surface area (Å²) in [5, 5.41) is 0. The SMILES string of the molecule is Cc1ccnc2c1nc(CCCl)n2C(C)(C)C(N)=O. The lowest BCUT2D eigenvalue weighted by molar-refractivity contribution is -0.125. The topological polar surface area (TPSA) is 73.8 Å². The molecule has 2 aromatic rings. The first kappa shape index (κ1) is 13.8. The molecule has 2 heterocycles. The van der Waals surface area contributed by atoms with Gasteiger partial charge in [-0.3, -0.25) is 9.36 Å². The van der Waals surface area contributed by atoms with Crippen LogP contribution in [0, 0.1) is 6.92 Å². The van der Waals surface area contributed by atoms with Gasteiger partial charge in [-0.15, -0.1) is 11.6 Å². The third-order valence-corrected chi connectivity index (χ3v) is 3.49. The van der Waals surface area contributed by atoms with Gasteiger partial charge in [0, 0.05) is 18.5 Å². The molecular formula is C13H17ClN4O. The monoisotopic (exact) mass is 280 g/mol. The highest BCUT2D eigenvalue weighted by atomic mass is 35.5.